The summed E-state index contributed by atoms with van der Waals surface area (Å²) in [4.78, 5) is 12.0. The number of benzene rings is 3. The number of aromatic carboxylic acids is 1. The molecule has 0 fully saturated rings. The summed E-state index contributed by atoms with van der Waals surface area (Å²) >= 11 is 1.45. The average Bonchev–Trinajstić information content (AvgIpc) is 2.73. The highest BCUT2D eigenvalue weighted by Gasteiger charge is 2.18. The zero-order chi connectivity index (χ0) is 23.3. The topological polar surface area (TPSA) is 92.7 Å². The van der Waals surface area contributed by atoms with Crippen molar-refractivity contribution < 1.29 is 31.8 Å². The number of thioether (sulfide) groups is 1. The summed E-state index contributed by atoms with van der Waals surface area (Å²) in [7, 11) is -3.96. The molecule has 3 aromatic rings. The summed E-state index contributed by atoms with van der Waals surface area (Å²) in [6.45, 7) is -1.30. The molecular formula is C22H19F2NO5S2. The van der Waals surface area contributed by atoms with Gasteiger partial charge in [0.1, 0.15) is 5.75 Å². The van der Waals surface area contributed by atoms with Crippen LogP contribution in [-0.2, 0) is 15.8 Å². The van der Waals surface area contributed by atoms with E-state index in [2.05, 4.69) is 9.46 Å². The van der Waals surface area contributed by atoms with Crippen LogP contribution in [0.25, 0.3) is 0 Å². The molecule has 0 heterocycles. The van der Waals surface area contributed by atoms with E-state index >= 15 is 0 Å². The van der Waals surface area contributed by atoms with Crippen LogP contribution in [0.4, 0.5) is 14.5 Å². The fourth-order valence-corrected chi connectivity index (χ4v) is 4.74. The van der Waals surface area contributed by atoms with Crippen molar-refractivity contribution in [1.29, 1.82) is 0 Å². The molecule has 0 saturated carbocycles. The van der Waals surface area contributed by atoms with Crippen molar-refractivity contribution >= 4 is 33.4 Å². The predicted molar refractivity (Wildman–Crippen MR) is 118 cm³/mol. The number of nitrogens with one attached hydrogen (secondary N) is 1. The zero-order valence-corrected chi connectivity index (χ0v) is 18.4. The van der Waals surface area contributed by atoms with E-state index in [4.69, 9.17) is 0 Å². The van der Waals surface area contributed by atoms with E-state index < -0.39 is 22.6 Å². The number of carboxylic acids is 1. The van der Waals surface area contributed by atoms with Gasteiger partial charge in [-0.3, -0.25) is 4.72 Å². The minimum absolute atomic E-state index is 0.0809. The second kappa shape index (κ2) is 10.0. The molecule has 0 spiro atoms. The van der Waals surface area contributed by atoms with Gasteiger partial charge in [-0.2, -0.15) is 8.78 Å². The maximum Gasteiger partial charge on any atom is 0.387 e. The van der Waals surface area contributed by atoms with Crippen LogP contribution in [0.5, 0.6) is 5.75 Å². The van der Waals surface area contributed by atoms with Crippen LogP contribution in [0, 0.1) is 6.92 Å². The van der Waals surface area contributed by atoms with Crippen molar-refractivity contribution in [3.05, 3.63) is 83.4 Å². The maximum atomic E-state index is 12.6. The number of hydrogen-bond donors (Lipinski definition) is 2. The lowest BCUT2D eigenvalue weighted by Crippen LogP contribution is -2.14. The molecule has 0 radical (unpaired) electrons. The Morgan fingerprint density at radius 1 is 1.09 bits per heavy atom. The first-order valence-corrected chi connectivity index (χ1v) is 11.7. The average molecular weight is 480 g/mol. The van der Waals surface area contributed by atoms with Gasteiger partial charge in [0.2, 0.25) is 0 Å². The fourth-order valence-electron chi connectivity index (χ4n) is 2.81. The van der Waals surface area contributed by atoms with Crippen molar-refractivity contribution in [2.45, 2.75) is 29.1 Å². The van der Waals surface area contributed by atoms with Gasteiger partial charge in [-0.15, -0.1) is 11.8 Å². The van der Waals surface area contributed by atoms with Crippen LogP contribution in [0.15, 0.2) is 76.5 Å². The highest BCUT2D eigenvalue weighted by Crippen LogP contribution is 2.27. The molecule has 0 unspecified atom stereocenters. The number of anilines is 1. The Morgan fingerprint density at radius 2 is 1.81 bits per heavy atom. The number of ether oxygens (including phenoxy) is 1. The Balaban J connectivity index is 1.66. The first-order valence-electron chi connectivity index (χ1n) is 9.27. The van der Waals surface area contributed by atoms with Gasteiger partial charge in [-0.1, -0.05) is 18.2 Å². The Labute approximate surface area is 188 Å². The lowest BCUT2D eigenvalue weighted by Gasteiger charge is -2.11. The summed E-state index contributed by atoms with van der Waals surface area (Å²) in [5.41, 5.74) is 1.50. The molecular weight excluding hydrogens is 460 g/mol. The summed E-state index contributed by atoms with van der Waals surface area (Å²) in [5.74, 6) is -0.607. The van der Waals surface area contributed by atoms with Crippen molar-refractivity contribution in [3.63, 3.8) is 0 Å². The van der Waals surface area contributed by atoms with Crippen LogP contribution in [0.3, 0.4) is 0 Å². The largest absolute Gasteiger partial charge is 0.478 e. The number of sulfonamides is 1. The molecule has 10 heteroatoms. The lowest BCUT2D eigenvalue weighted by molar-refractivity contribution is -0.0498. The first kappa shape index (κ1) is 23.6. The molecule has 0 atom stereocenters. The number of aryl methyl sites for hydroxylation is 1. The lowest BCUT2D eigenvalue weighted by atomic mass is 10.1. The molecule has 6 nitrogen and oxygen atoms in total. The van der Waals surface area contributed by atoms with Crippen LogP contribution >= 0.6 is 11.8 Å². The van der Waals surface area contributed by atoms with Crippen molar-refractivity contribution in [3.8, 4) is 5.75 Å². The SMILES string of the molecule is Cc1ccc(S(=O)(=O)Nc2ccc(SCc3cccc(OC(F)F)c3)cc2)cc1C(=O)O. The van der Waals surface area contributed by atoms with Gasteiger partial charge in [-0.05, 0) is 66.6 Å². The van der Waals surface area contributed by atoms with Gasteiger partial charge in [0.05, 0.1) is 10.5 Å². The summed E-state index contributed by atoms with van der Waals surface area (Å²) in [5, 5.41) is 9.20. The highest BCUT2D eigenvalue weighted by atomic mass is 32.2. The van der Waals surface area contributed by atoms with Crippen molar-refractivity contribution in [2.75, 3.05) is 4.72 Å². The Morgan fingerprint density at radius 3 is 2.47 bits per heavy atom. The number of halogens is 2. The monoisotopic (exact) mass is 479 g/mol. The molecule has 168 valence electrons. The van der Waals surface area contributed by atoms with E-state index in [0.717, 1.165) is 16.5 Å². The third kappa shape index (κ3) is 6.21. The standard InChI is InChI=1S/C22H19F2NO5S2/c1-14-5-10-19(12-20(14)21(26)27)32(28,29)25-16-6-8-18(9-7-16)31-13-15-3-2-4-17(11-15)30-22(23)24/h2-12,22,25H,13H2,1H3,(H,26,27). The third-order valence-electron chi connectivity index (χ3n) is 4.39. The van der Waals surface area contributed by atoms with E-state index in [1.54, 1.807) is 43.3 Å². The summed E-state index contributed by atoms with van der Waals surface area (Å²) in [6.07, 6.45) is 0. The van der Waals surface area contributed by atoms with Crippen LogP contribution < -0.4 is 9.46 Å². The fraction of sp³-hybridized carbons (Fsp3) is 0.136. The normalized spacial score (nSPS) is 11.4. The van der Waals surface area contributed by atoms with Crippen LogP contribution in [0.1, 0.15) is 21.5 Å². The van der Waals surface area contributed by atoms with Gasteiger partial charge < -0.3 is 9.84 Å². The van der Waals surface area contributed by atoms with Gasteiger partial charge in [0, 0.05) is 16.3 Å². The second-order valence-electron chi connectivity index (χ2n) is 6.73. The summed E-state index contributed by atoms with van der Waals surface area (Å²) < 4.78 is 56.7. The zero-order valence-electron chi connectivity index (χ0n) is 16.8. The molecule has 2 N–H and O–H groups in total. The number of rotatable bonds is 9. The minimum atomic E-state index is -3.96. The molecule has 3 rings (SSSR count). The maximum absolute atomic E-state index is 12.6. The summed E-state index contributed by atoms with van der Waals surface area (Å²) in [6, 6.07) is 16.9. The molecule has 0 aliphatic carbocycles. The highest BCUT2D eigenvalue weighted by molar-refractivity contribution is 7.98. The molecule has 0 aromatic heterocycles. The number of hydrogen-bond acceptors (Lipinski definition) is 5. The molecule has 0 aliphatic rings. The molecule has 0 amide bonds. The molecule has 0 aliphatic heterocycles. The van der Waals surface area contributed by atoms with Crippen LogP contribution in [0.2, 0.25) is 0 Å². The quantitative estimate of drug-likeness (QED) is 0.400. The van der Waals surface area contributed by atoms with Gasteiger partial charge in [-0.25, -0.2) is 13.2 Å². The first-order chi connectivity index (χ1) is 15.1. The number of alkyl halides is 2. The van der Waals surface area contributed by atoms with E-state index in [1.165, 1.54) is 36.0 Å². The molecule has 0 saturated heterocycles. The smallest absolute Gasteiger partial charge is 0.387 e. The number of carboxylic acid groups (broad SMARTS) is 1. The predicted octanol–water partition coefficient (Wildman–Crippen LogP) is 5.39. The van der Waals surface area contributed by atoms with E-state index in [0.29, 0.717) is 17.0 Å². The van der Waals surface area contributed by atoms with Crippen LogP contribution in [-0.4, -0.2) is 26.1 Å². The van der Waals surface area contributed by atoms with Gasteiger partial charge >= 0.3 is 12.6 Å². The van der Waals surface area contributed by atoms with E-state index in [1.807, 2.05) is 0 Å². The van der Waals surface area contributed by atoms with Gasteiger partial charge in [0.25, 0.3) is 10.0 Å². The van der Waals surface area contributed by atoms with Crippen molar-refractivity contribution in [1.82, 2.24) is 0 Å². The Bertz CT molecular complexity index is 1220. The Kier molecular flexibility index (Phi) is 7.37. The van der Waals surface area contributed by atoms with E-state index in [-0.39, 0.29) is 16.2 Å². The third-order valence-corrected chi connectivity index (χ3v) is 6.85. The molecule has 0 bridgehead atoms. The number of carbonyl (C=O) groups is 1. The second-order valence-corrected chi connectivity index (χ2v) is 9.46. The van der Waals surface area contributed by atoms with Crippen molar-refractivity contribution in [2.24, 2.45) is 0 Å². The minimum Gasteiger partial charge on any atom is -0.478 e. The Hall–Kier alpha value is -3.11. The molecule has 3 aromatic carbocycles. The van der Waals surface area contributed by atoms with Gasteiger partial charge in [0.15, 0.2) is 0 Å². The molecule has 32 heavy (non-hydrogen) atoms. The van der Waals surface area contributed by atoms with E-state index in [9.17, 15) is 27.1 Å².